The number of hydrogen-bond acceptors (Lipinski definition) is 5. The van der Waals surface area contributed by atoms with Crippen molar-refractivity contribution >= 4 is 17.5 Å². The van der Waals surface area contributed by atoms with Crippen LogP contribution in [0, 0.1) is 10.1 Å². The highest BCUT2D eigenvalue weighted by Crippen LogP contribution is 2.20. The first-order chi connectivity index (χ1) is 8.95. The molecule has 2 N–H and O–H groups in total. The highest BCUT2D eigenvalue weighted by Gasteiger charge is 2.18. The van der Waals surface area contributed by atoms with Gasteiger partial charge in [-0.2, -0.15) is 0 Å². The minimum absolute atomic E-state index is 0.0620. The zero-order valence-corrected chi connectivity index (χ0v) is 10.9. The monoisotopic (exact) mass is 267 g/mol. The van der Waals surface area contributed by atoms with Gasteiger partial charge in [0.2, 0.25) is 0 Å². The Kier molecular flexibility index (Phi) is 5.23. The summed E-state index contributed by atoms with van der Waals surface area (Å²) in [6.07, 6.45) is 4.00. The zero-order valence-electron chi connectivity index (χ0n) is 10.9. The second-order valence-corrected chi connectivity index (χ2v) is 4.34. The molecule has 1 rings (SSSR count). The fraction of sp³-hybridized carbons (Fsp3) is 0.500. The molecule has 0 saturated heterocycles. The summed E-state index contributed by atoms with van der Waals surface area (Å²) < 4.78 is 0. The van der Waals surface area contributed by atoms with Crippen molar-refractivity contribution in [2.75, 3.05) is 5.32 Å². The average molecular weight is 267 g/mol. The predicted octanol–water partition coefficient (Wildman–Crippen LogP) is 2.68. The number of hydrogen-bond donors (Lipinski definition) is 2. The van der Waals surface area contributed by atoms with Crippen molar-refractivity contribution in [3.63, 3.8) is 0 Å². The first-order valence-corrected chi connectivity index (χ1v) is 6.10. The maximum atomic E-state index is 11.1. The molecule has 0 fully saturated rings. The third-order valence-electron chi connectivity index (χ3n) is 2.69. The summed E-state index contributed by atoms with van der Waals surface area (Å²) in [5, 5.41) is 22.6. The Morgan fingerprint density at radius 3 is 2.84 bits per heavy atom. The molecule has 19 heavy (non-hydrogen) atoms. The van der Waals surface area contributed by atoms with Crippen molar-refractivity contribution in [3.05, 3.63) is 27.9 Å². The summed E-state index contributed by atoms with van der Waals surface area (Å²) in [5.74, 6) is -1.07. The quantitative estimate of drug-likeness (QED) is 0.581. The van der Waals surface area contributed by atoms with Gasteiger partial charge in [0.25, 0.3) is 5.69 Å². The molecule has 7 nitrogen and oxygen atoms in total. The van der Waals surface area contributed by atoms with Crippen LogP contribution < -0.4 is 5.32 Å². The van der Waals surface area contributed by atoms with Gasteiger partial charge >= 0.3 is 5.97 Å². The largest absolute Gasteiger partial charge is 0.478 e. The minimum Gasteiger partial charge on any atom is -0.478 e. The van der Waals surface area contributed by atoms with E-state index in [-0.39, 0.29) is 23.1 Å². The Labute approximate surface area is 110 Å². The number of aromatic nitrogens is 1. The van der Waals surface area contributed by atoms with Gasteiger partial charge in [-0.15, -0.1) is 0 Å². The van der Waals surface area contributed by atoms with Crippen LogP contribution in [-0.2, 0) is 0 Å². The lowest BCUT2D eigenvalue weighted by Gasteiger charge is -2.15. The van der Waals surface area contributed by atoms with Crippen molar-refractivity contribution in [2.45, 2.75) is 39.2 Å². The third-order valence-corrected chi connectivity index (χ3v) is 2.69. The number of pyridine rings is 1. The average Bonchev–Trinajstić information content (AvgIpc) is 2.36. The minimum atomic E-state index is -1.23. The molecule has 104 valence electrons. The summed E-state index contributed by atoms with van der Waals surface area (Å²) in [4.78, 5) is 24.9. The number of aromatic carboxylic acids is 1. The lowest BCUT2D eigenvalue weighted by atomic mass is 10.1. The highest BCUT2D eigenvalue weighted by molar-refractivity contribution is 5.93. The molecule has 0 aliphatic carbocycles. The molecular formula is C12H17N3O4. The van der Waals surface area contributed by atoms with Gasteiger partial charge in [0.05, 0.1) is 4.92 Å². The van der Waals surface area contributed by atoms with Crippen LogP contribution in [0.25, 0.3) is 0 Å². The standard InChI is InChI=1S/C12H17N3O4/c1-3-4-5-8(2)14-11-10(12(16)17)6-9(7-13-11)15(18)19/h6-8H,3-5H2,1-2H3,(H,13,14)(H,16,17). The first-order valence-electron chi connectivity index (χ1n) is 6.10. The number of carboxylic acids is 1. The van der Waals surface area contributed by atoms with Crippen molar-refractivity contribution in [2.24, 2.45) is 0 Å². The number of nitrogens with one attached hydrogen (secondary N) is 1. The van der Waals surface area contributed by atoms with Crippen molar-refractivity contribution in [3.8, 4) is 0 Å². The van der Waals surface area contributed by atoms with E-state index in [0.29, 0.717) is 0 Å². The Morgan fingerprint density at radius 1 is 1.63 bits per heavy atom. The van der Waals surface area contributed by atoms with Gasteiger partial charge in [-0.3, -0.25) is 10.1 Å². The number of unbranched alkanes of at least 4 members (excludes halogenated alkanes) is 1. The van der Waals surface area contributed by atoms with Crippen molar-refractivity contribution < 1.29 is 14.8 Å². The van der Waals surface area contributed by atoms with E-state index in [4.69, 9.17) is 5.11 Å². The zero-order chi connectivity index (χ0) is 14.4. The molecular weight excluding hydrogens is 250 g/mol. The van der Waals surface area contributed by atoms with E-state index in [1.807, 2.05) is 6.92 Å². The Hall–Kier alpha value is -2.18. The van der Waals surface area contributed by atoms with E-state index in [9.17, 15) is 14.9 Å². The Balaban J connectivity index is 2.94. The maximum Gasteiger partial charge on any atom is 0.339 e. The Bertz CT molecular complexity index is 476. The molecule has 1 aromatic heterocycles. The van der Waals surface area contributed by atoms with E-state index in [1.54, 1.807) is 0 Å². The molecule has 1 aromatic rings. The predicted molar refractivity (Wildman–Crippen MR) is 70.5 cm³/mol. The van der Waals surface area contributed by atoms with E-state index in [2.05, 4.69) is 17.2 Å². The molecule has 0 amide bonds. The summed E-state index contributed by atoms with van der Waals surface area (Å²) in [7, 11) is 0. The molecule has 0 aliphatic heterocycles. The smallest absolute Gasteiger partial charge is 0.339 e. The van der Waals surface area contributed by atoms with Crippen LogP contribution in [0.15, 0.2) is 12.3 Å². The molecule has 7 heteroatoms. The van der Waals surface area contributed by atoms with Gasteiger partial charge in [-0.1, -0.05) is 19.8 Å². The Morgan fingerprint density at radius 2 is 2.32 bits per heavy atom. The van der Waals surface area contributed by atoms with Crippen LogP contribution in [0.4, 0.5) is 11.5 Å². The van der Waals surface area contributed by atoms with E-state index >= 15 is 0 Å². The van der Waals surface area contributed by atoms with Gasteiger partial charge in [0.1, 0.15) is 17.6 Å². The molecule has 0 spiro atoms. The van der Waals surface area contributed by atoms with Crippen molar-refractivity contribution in [1.29, 1.82) is 0 Å². The number of nitrogens with zero attached hydrogens (tertiary/aromatic N) is 2. The summed E-state index contributed by atoms with van der Waals surface area (Å²) in [5.41, 5.74) is -0.512. The van der Waals surface area contributed by atoms with E-state index in [0.717, 1.165) is 31.5 Å². The van der Waals surface area contributed by atoms with Crippen LogP contribution in [0.3, 0.4) is 0 Å². The van der Waals surface area contributed by atoms with E-state index in [1.165, 1.54) is 0 Å². The molecule has 1 atom stereocenters. The second kappa shape index (κ2) is 6.67. The summed E-state index contributed by atoms with van der Waals surface area (Å²) in [6, 6.07) is 1.08. The SMILES string of the molecule is CCCCC(C)Nc1ncc([N+](=O)[O-])cc1C(=O)O. The van der Waals surface area contributed by atoms with Gasteiger partial charge in [-0.05, 0) is 13.3 Å². The van der Waals surface area contributed by atoms with Crippen LogP contribution >= 0.6 is 0 Å². The van der Waals surface area contributed by atoms with Gasteiger partial charge in [0, 0.05) is 12.1 Å². The number of carboxylic acid groups (broad SMARTS) is 1. The van der Waals surface area contributed by atoms with Crippen LogP contribution in [0.5, 0.6) is 0 Å². The van der Waals surface area contributed by atoms with Gasteiger partial charge in [0.15, 0.2) is 0 Å². The molecule has 0 aromatic carbocycles. The number of rotatable bonds is 7. The number of nitro groups is 1. The van der Waals surface area contributed by atoms with Crippen LogP contribution in [0.1, 0.15) is 43.5 Å². The topological polar surface area (TPSA) is 105 Å². The molecule has 0 radical (unpaired) electrons. The van der Waals surface area contributed by atoms with Crippen LogP contribution in [0.2, 0.25) is 0 Å². The normalized spacial score (nSPS) is 11.9. The molecule has 0 saturated carbocycles. The lowest BCUT2D eigenvalue weighted by molar-refractivity contribution is -0.385. The van der Waals surface area contributed by atoms with Crippen molar-refractivity contribution in [1.82, 2.24) is 4.98 Å². The van der Waals surface area contributed by atoms with E-state index < -0.39 is 10.9 Å². The van der Waals surface area contributed by atoms with Gasteiger partial charge in [-0.25, -0.2) is 9.78 Å². The summed E-state index contributed by atoms with van der Waals surface area (Å²) >= 11 is 0. The fourth-order valence-corrected chi connectivity index (χ4v) is 1.65. The molecule has 1 heterocycles. The molecule has 0 bridgehead atoms. The first kappa shape index (κ1) is 14.9. The fourth-order valence-electron chi connectivity index (χ4n) is 1.65. The van der Waals surface area contributed by atoms with Gasteiger partial charge < -0.3 is 10.4 Å². The highest BCUT2D eigenvalue weighted by atomic mass is 16.6. The molecule has 0 aliphatic rings. The number of anilines is 1. The maximum absolute atomic E-state index is 11.1. The molecule has 1 unspecified atom stereocenters. The second-order valence-electron chi connectivity index (χ2n) is 4.34. The summed E-state index contributed by atoms with van der Waals surface area (Å²) in [6.45, 7) is 3.99. The lowest BCUT2D eigenvalue weighted by Crippen LogP contribution is -2.18. The van der Waals surface area contributed by atoms with Crippen LogP contribution in [-0.4, -0.2) is 27.0 Å². The third kappa shape index (κ3) is 4.20. The number of carbonyl (C=O) groups is 1.